The molecule has 15 heavy (non-hydrogen) atoms. The van der Waals surface area contributed by atoms with E-state index in [1.54, 1.807) is 0 Å². The van der Waals surface area contributed by atoms with Gasteiger partial charge in [-0.1, -0.05) is 12.2 Å². The van der Waals surface area contributed by atoms with Gasteiger partial charge in [0.2, 0.25) is 0 Å². The summed E-state index contributed by atoms with van der Waals surface area (Å²) in [5, 5.41) is 2.65. The number of rotatable bonds is 2. The quantitative estimate of drug-likeness (QED) is 0.689. The van der Waals surface area contributed by atoms with Gasteiger partial charge in [-0.3, -0.25) is 0 Å². The van der Waals surface area contributed by atoms with Crippen molar-refractivity contribution in [2.75, 3.05) is 13.2 Å². The summed E-state index contributed by atoms with van der Waals surface area (Å²) in [6, 6.07) is -0.0511. The van der Waals surface area contributed by atoms with Crippen LogP contribution in [0.4, 0.5) is 4.79 Å². The highest BCUT2D eigenvalue weighted by Gasteiger charge is 2.31. The average molecular weight is 213 g/mol. The highest BCUT2D eigenvalue weighted by molar-refractivity contribution is 5.70. The topological polar surface area (TPSA) is 56.8 Å². The van der Waals surface area contributed by atoms with E-state index in [2.05, 4.69) is 5.32 Å². The van der Waals surface area contributed by atoms with Crippen molar-refractivity contribution in [1.29, 1.82) is 0 Å². The largest absolute Gasteiger partial charge is 0.447 e. The van der Waals surface area contributed by atoms with Crippen LogP contribution in [0, 0.1) is 0 Å². The zero-order chi connectivity index (χ0) is 10.9. The molecule has 5 nitrogen and oxygen atoms in total. The molecule has 2 rings (SSSR count). The molecule has 0 bridgehead atoms. The van der Waals surface area contributed by atoms with E-state index in [1.807, 2.05) is 26.0 Å². The fourth-order valence-corrected chi connectivity index (χ4v) is 1.57. The van der Waals surface area contributed by atoms with Crippen LogP contribution in [-0.4, -0.2) is 37.2 Å². The second kappa shape index (κ2) is 3.83. The van der Waals surface area contributed by atoms with Gasteiger partial charge in [0.25, 0.3) is 0 Å². The summed E-state index contributed by atoms with van der Waals surface area (Å²) in [5.41, 5.74) is 0. The second-order valence-electron chi connectivity index (χ2n) is 4.10. The Bertz CT molecular complexity index is 287. The third kappa shape index (κ3) is 2.70. The average Bonchev–Trinajstić information content (AvgIpc) is 2.69. The van der Waals surface area contributed by atoms with Crippen LogP contribution in [0.5, 0.6) is 0 Å². The molecule has 1 amide bonds. The molecular weight excluding hydrogens is 198 g/mol. The molecule has 2 aliphatic heterocycles. The molecule has 0 saturated carbocycles. The molecule has 0 aromatic carbocycles. The summed E-state index contributed by atoms with van der Waals surface area (Å²) >= 11 is 0. The number of carbonyl (C=O) groups excluding carboxylic acids is 1. The van der Waals surface area contributed by atoms with Gasteiger partial charge < -0.3 is 19.5 Å². The Balaban J connectivity index is 1.82. The van der Waals surface area contributed by atoms with Crippen molar-refractivity contribution in [3.63, 3.8) is 0 Å². The zero-order valence-corrected chi connectivity index (χ0v) is 8.86. The van der Waals surface area contributed by atoms with E-state index in [4.69, 9.17) is 14.2 Å². The van der Waals surface area contributed by atoms with Crippen LogP contribution in [0.3, 0.4) is 0 Å². The molecule has 5 heteroatoms. The first-order valence-electron chi connectivity index (χ1n) is 4.98. The van der Waals surface area contributed by atoms with Crippen LogP contribution >= 0.6 is 0 Å². The first-order valence-corrected chi connectivity index (χ1v) is 4.98. The first-order chi connectivity index (χ1) is 7.05. The molecule has 0 aromatic heterocycles. The molecule has 0 aliphatic carbocycles. The minimum Gasteiger partial charge on any atom is -0.447 e. The van der Waals surface area contributed by atoms with Crippen molar-refractivity contribution < 1.29 is 19.0 Å². The molecule has 0 radical (unpaired) electrons. The van der Waals surface area contributed by atoms with Crippen molar-refractivity contribution in [2.24, 2.45) is 0 Å². The standard InChI is InChI=1S/C10H15NO4/c1-10(2)14-6-8(15-10)4-3-7-5-13-9(12)11-7/h3-4,7-8H,5-6H2,1-2H3,(H,11,12)/b4-3-/t7-,8-/m1/s1. The maximum Gasteiger partial charge on any atom is 0.407 e. The minimum absolute atomic E-state index is 0.0440. The molecule has 0 unspecified atom stereocenters. The third-order valence-corrected chi connectivity index (χ3v) is 2.29. The first kappa shape index (κ1) is 10.4. The van der Waals surface area contributed by atoms with E-state index in [1.165, 1.54) is 0 Å². The van der Waals surface area contributed by atoms with Crippen molar-refractivity contribution in [2.45, 2.75) is 31.8 Å². The monoisotopic (exact) mass is 213 g/mol. The van der Waals surface area contributed by atoms with E-state index in [9.17, 15) is 4.79 Å². The lowest BCUT2D eigenvalue weighted by Gasteiger charge is -2.15. The number of ether oxygens (including phenoxy) is 3. The molecule has 1 N–H and O–H groups in total. The molecule has 0 spiro atoms. The highest BCUT2D eigenvalue weighted by atomic mass is 16.7. The molecule has 2 saturated heterocycles. The molecule has 2 aliphatic rings. The summed E-state index contributed by atoms with van der Waals surface area (Å²) < 4.78 is 15.7. The molecule has 2 atom stereocenters. The zero-order valence-electron chi connectivity index (χ0n) is 8.86. The fourth-order valence-electron chi connectivity index (χ4n) is 1.57. The predicted molar refractivity (Wildman–Crippen MR) is 52.3 cm³/mol. The highest BCUT2D eigenvalue weighted by Crippen LogP contribution is 2.22. The van der Waals surface area contributed by atoms with Gasteiger partial charge in [-0.25, -0.2) is 4.79 Å². The normalized spacial score (nSPS) is 34.4. The lowest BCUT2D eigenvalue weighted by molar-refractivity contribution is -0.133. The van der Waals surface area contributed by atoms with Gasteiger partial charge in [-0.2, -0.15) is 0 Å². The van der Waals surface area contributed by atoms with Crippen molar-refractivity contribution in [1.82, 2.24) is 5.32 Å². The van der Waals surface area contributed by atoms with E-state index in [0.717, 1.165) is 0 Å². The van der Waals surface area contributed by atoms with Crippen LogP contribution in [0.25, 0.3) is 0 Å². The van der Waals surface area contributed by atoms with Gasteiger partial charge in [-0.05, 0) is 13.8 Å². The second-order valence-corrected chi connectivity index (χ2v) is 4.10. The maximum atomic E-state index is 10.7. The Labute approximate surface area is 88.4 Å². The van der Waals surface area contributed by atoms with Crippen LogP contribution in [-0.2, 0) is 14.2 Å². The molecule has 2 heterocycles. The number of alkyl carbamates (subject to hydrolysis) is 1. The van der Waals surface area contributed by atoms with E-state index < -0.39 is 5.79 Å². The Morgan fingerprint density at radius 3 is 2.73 bits per heavy atom. The fraction of sp³-hybridized carbons (Fsp3) is 0.700. The van der Waals surface area contributed by atoms with Crippen LogP contribution < -0.4 is 5.32 Å². The van der Waals surface area contributed by atoms with Crippen molar-refractivity contribution >= 4 is 6.09 Å². The predicted octanol–water partition coefficient (Wildman–Crippen LogP) is 0.802. The molecule has 2 fully saturated rings. The Morgan fingerprint density at radius 1 is 1.40 bits per heavy atom. The van der Waals surface area contributed by atoms with Crippen molar-refractivity contribution in [3.8, 4) is 0 Å². The summed E-state index contributed by atoms with van der Waals surface area (Å²) in [6.07, 6.45) is 3.36. The Morgan fingerprint density at radius 2 is 2.20 bits per heavy atom. The molecule has 0 aromatic rings. The van der Waals surface area contributed by atoms with Gasteiger partial charge in [0.1, 0.15) is 12.7 Å². The summed E-state index contributed by atoms with van der Waals surface area (Å²) in [7, 11) is 0. The summed E-state index contributed by atoms with van der Waals surface area (Å²) in [4.78, 5) is 10.7. The Hall–Kier alpha value is -1.07. The van der Waals surface area contributed by atoms with Gasteiger partial charge >= 0.3 is 6.09 Å². The number of hydrogen-bond donors (Lipinski definition) is 1. The maximum absolute atomic E-state index is 10.7. The van der Waals surface area contributed by atoms with E-state index >= 15 is 0 Å². The smallest absolute Gasteiger partial charge is 0.407 e. The molecule has 84 valence electrons. The Kier molecular flexibility index (Phi) is 2.67. The lowest BCUT2D eigenvalue weighted by atomic mass is 10.2. The summed E-state index contributed by atoms with van der Waals surface area (Å²) in [5.74, 6) is -0.509. The van der Waals surface area contributed by atoms with Crippen LogP contribution in [0.2, 0.25) is 0 Å². The number of cyclic esters (lactones) is 1. The number of amides is 1. The number of hydrogen-bond acceptors (Lipinski definition) is 4. The number of nitrogens with one attached hydrogen (secondary N) is 1. The van der Waals surface area contributed by atoms with E-state index in [-0.39, 0.29) is 18.2 Å². The van der Waals surface area contributed by atoms with Gasteiger partial charge in [0.15, 0.2) is 5.79 Å². The van der Waals surface area contributed by atoms with Gasteiger partial charge in [0, 0.05) is 0 Å². The lowest BCUT2D eigenvalue weighted by Crippen LogP contribution is -2.24. The number of carbonyl (C=O) groups is 1. The van der Waals surface area contributed by atoms with Gasteiger partial charge in [-0.15, -0.1) is 0 Å². The SMILES string of the molecule is CC1(C)OC[C@@H](/C=C\[C@@H]2COC(=O)N2)O1. The van der Waals surface area contributed by atoms with Crippen LogP contribution in [0.15, 0.2) is 12.2 Å². The van der Waals surface area contributed by atoms with Crippen LogP contribution in [0.1, 0.15) is 13.8 Å². The van der Waals surface area contributed by atoms with Gasteiger partial charge in [0.05, 0.1) is 12.6 Å². The molecular formula is C10H15NO4. The van der Waals surface area contributed by atoms with E-state index in [0.29, 0.717) is 13.2 Å². The third-order valence-electron chi connectivity index (χ3n) is 2.29. The van der Waals surface area contributed by atoms with Crippen molar-refractivity contribution in [3.05, 3.63) is 12.2 Å². The summed E-state index contributed by atoms with van der Waals surface area (Å²) in [6.45, 7) is 4.68. The minimum atomic E-state index is -0.509.